The minimum absolute atomic E-state index is 0.183. The zero-order valence-corrected chi connectivity index (χ0v) is 12.6. The van der Waals surface area contributed by atoms with E-state index in [9.17, 15) is 4.79 Å². The second kappa shape index (κ2) is 4.07. The number of hydrogen-bond donors (Lipinski definition) is 0. The van der Waals surface area contributed by atoms with Crippen molar-refractivity contribution in [3.63, 3.8) is 0 Å². The van der Waals surface area contributed by atoms with Crippen LogP contribution in [0.3, 0.4) is 0 Å². The Hall–Kier alpha value is -0.850. The van der Waals surface area contributed by atoms with Crippen LogP contribution in [-0.4, -0.2) is 5.78 Å². The summed E-state index contributed by atoms with van der Waals surface area (Å²) in [6.45, 7) is 10.9. The fraction of sp³-hybridized carbons (Fsp3) is 0.722. The summed E-state index contributed by atoms with van der Waals surface area (Å²) in [6.07, 6.45) is 9.48. The summed E-state index contributed by atoms with van der Waals surface area (Å²) in [7, 11) is 0. The van der Waals surface area contributed by atoms with Crippen molar-refractivity contribution in [3.05, 3.63) is 23.8 Å². The lowest BCUT2D eigenvalue weighted by Gasteiger charge is -2.43. The lowest BCUT2D eigenvalue weighted by atomic mass is 9.61. The first-order valence-electron chi connectivity index (χ1n) is 7.79. The smallest absolute Gasteiger partial charge is 0.161 e. The van der Waals surface area contributed by atoms with Gasteiger partial charge in [-0.05, 0) is 62.4 Å². The molecule has 0 aromatic rings. The Kier molecular flexibility index (Phi) is 2.82. The van der Waals surface area contributed by atoms with Gasteiger partial charge in [0.25, 0.3) is 0 Å². The van der Waals surface area contributed by atoms with Crippen LogP contribution in [0.25, 0.3) is 0 Å². The average molecular weight is 258 g/mol. The summed E-state index contributed by atoms with van der Waals surface area (Å²) in [5, 5.41) is 0. The van der Waals surface area contributed by atoms with Crippen LogP contribution in [0.15, 0.2) is 23.8 Å². The van der Waals surface area contributed by atoms with Crippen molar-refractivity contribution in [1.29, 1.82) is 0 Å². The molecular formula is C18H26O. The largest absolute Gasteiger partial charge is 0.294 e. The van der Waals surface area contributed by atoms with Gasteiger partial charge in [0, 0.05) is 5.41 Å². The van der Waals surface area contributed by atoms with Crippen LogP contribution < -0.4 is 0 Å². The summed E-state index contributed by atoms with van der Waals surface area (Å²) in [6, 6.07) is 0. The van der Waals surface area contributed by atoms with Crippen molar-refractivity contribution in [3.8, 4) is 0 Å². The molecule has 0 aliphatic heterocycles. The van der Waals surface area contributed by atoms with E-state index < -0.39 is 0 Å². The Morgan fingerprint density at radius 1 is 1.32 bits per heavy atom. The monoisotopic (exact) mass is 258 g/mol. The van der Waals surface area contributed by atoms with Gasteiger partial charge in [-0.15, -0.1) is 0 Å². The third-order valence-electron chi connectivity index (χ3n) is 6.42. The fourth-order valence-corrected chi connectivity index (χ4v) is 4.91. The molecule has 2 fully saturated rings. The van der Waals surface area contributed by atoms with E-state index in [1.807, 2.05) is 6.08 Å². The molecular weight excluding hydrogens is 232 g/mol. The van der Waals surface area contributed by atoms with Crippen molar-refractivity contribution < 1.29 is 4.79 Å². The van der Waals surface area contributed by atoms with Gasteiger partial charge < -0.3 is 0 Å². The number of fused-ring (bicyclic) bond motifs is 3. The lowest BCUT2D eigenvalue weighted by molar-refractivity contribution is -0.124. The minimum Gasteiger partial charge on any atom is -0.294 e. The number of hydrogen-bond acceptors (Lipinski definition) is 1. The van der Waals surface area contributed by atoms with Gasteiger partial charge in [-0.1, -0.05) is 38.0 Å². The molecule has 2 bridgehead atoms. The van der Waals surface area contributed by atoms with E-state index in [4.69, 9.17) is 0 Å². The summed E-state index contributed by atoms with van der Waals surface area (Å²) < 4.78 is 0. The third-order valence-corrected chi connectivity index (χ3v) is 6.42. The molecule has 3 atom stereocenters. The SMILES string of the molecule is C=C1CCCC[C@]12C[C@H]1C[C@H]2C(C)=CC(=O)C1(C)C. The van der Waals surface area contributed by atoms with E-state index in [0.717, 1.165) is 0 Å². The zero-order chi connectivity index (χ0) is 13.8. The van der Waals surface area contributed by atoms with Crippen molar-refractivity contribution in [1.82, 2.24) is 0 Å². The first kappa shape index (κ1) is 13.1. The molecule has 1 nitrogen and oxygen atoms in total. The summed E-state index contributed by atoms with van der Waals surface area (Å²) in [5.74, 6) is 1.46. The number of carbonyl (C=O) groups excluding carboxylic acids is 1. The standard InChI is InChI=1S/C18H26O/c1-12-9-16(19)17(3,4)14-10-15(12)18(11-14)8-6-5-7-13(18)2/h9,14-15H,2,5-8,10-11H2,1,3-4H3/t14-,15+,18+/m1/s1. The Labute approximate surface area is 117 Å². The van der Waals surface area contributed by atoms with Crippen LogP contribution in [0.2, 0.25) is 0 Å². The van der Waals surface area contributed by atoms with Gasteiger partial charge in [0.1, 0.15) is 0 Å². The van der Waals surface area contributed by atoms with Gasteiger partial charge in [-0.2, -0.15) is 0 Å². The Morgan fingerprint density at radius 2 is 2.05 bits per heavy atom. The number of allylic oxidation sites excluding steroid dienone is 3. The number of ketones is 1. The molecule has 3 rings (SSSR count). The second-order valence-corrected chi connectivity index (χ2v) is 7.63. The van der Waals surface area contributed by atoms with E-state index >= 15 is 0 Å². The van der Waals surface area contributed by atoms with Crippen molar-refractivity contribution in [2.24, 2.45) is 22.7 Å². The van der Waals surface area contributed by atoms with Crippen LogP contribution >= 0.6 is 0 Å². The first-order chi connectivity index (χ1) is 8.88. The topological polar surface area (TPSA) is 17.1 Å². The molecule has 3 aliphatic rings. The molecule has 3 aliphatic carbocycles. The second-order valence-electron chi connectivity index (χ2n) is 7.63. The normalized spacial score (nSPS) is 41.3. The molecule has 0 heterocycles. The van der Waals surface area contributed by atoms with Crippen molar-refractivity contribution in [2.45, 2.75) is 59.3 Å². The highest BCUT2D eigenvalue weighted by Crippen LogP contribution is 2.63. The van der Waals surface area contributed by atoms with Gasteiger partial charge in [-0.25, -0.2) is 0 Å². The van der Waals surface area contributed by atoms with Crippen LogP contribution in [0.4, 0.5) is 0 Å². The molecule has 104 valence electrons. The van der Waals surface area contributed by atoms with E-state index in [-0.39, 0.29) is 5.41 Å². The molecule has 0 saturated heterocycles. The Balaban J connectivity index is 2.07. The molecule has 19 heavy (non-hydrogen) atoms. The molecule has 0 radical (unpaired) electrons. The van der Waals surface area contributed by atoms with Gasteiger partial charge in [0.2, 0.25) is 0 Å². The average Bonchev–Trinajstić information content (AvgIpc) is 2.71. The number of rotatable bonds is 0. The maximum atomic E-state index is 12.4. The molecule has 0 aromatic carbocycles. The molecule has 2 saturated carbocycles. The van der Waals surface area contributed by atoms with E-state index in [1.165, 1.54) is 49.7 Å². The van der Waals surface area contributed by atoms with Crippen LogP contribution in [0.5, 0.6) is 0 Å². The highest BCUT2D eigenvalue weighted by molar-refractivity contribution is 5.95. The van der Waals surface area contributed by atoms with Crippen molar-refractivity contribution in [2.75, 3.05) is 0 Å². The summed E-state index contributed by atoms with van der Waals surface area (Å²) >= 11 is 0. The Bertz CT molecular complexity index is 468. The molecule has 0 N–H and O–H groups in total. The predicted octanol–water partition coefficient (Wildman–Crippen LogP) is 4.68. The molecule has 0 unspecified atom stereocenters. The fourth-order valence-electron chi connectivity index (χ4n) is 4.91. The first-order valence-corrected chi connectivity index (χ1v) is 7.79. The molecule has 1 heteroatoms. The van der Waals surface area contributed by atoms with E-state index in [1.54, 1.807) is 0 Å². The van der Waals surface area contributed by atoms with Crippen LogP contribution in [0.1, 0.15) is 59.3 Å². The van der Waals surface area contributed by atoms with Gasteiger partial charge in [0.15, 0.2) is 5.78 Å². The lowest BCUT2D eigenvalue weighted by Crippen LogP contribution is -2.35. The highest BCUT2D eigenvalue weighted by Gasteiger charge is 2.55. The number of carbonyl (C=O) groups is 1. The van der Waals surface area contributed by atoms with Crippen molar-refractivity contribution >= 4 is 5.78 Å². The van der Waals surface area contributed by atoms with E-state index in [2.05, 4.69) is 27.4 Å². The quantitative estimate of drug-likeness (QED) is 0.576. The highest BCUT2D eigenvalue weighted by atomic mass is 16.1. The van der Waals surface area contributed by atoms with Crippen LogP contribution in [-0.2, 0) is 4.79 Å². The van der Waals surface area contributed by atoms with Gasteiger partial charge in [0.05, 0.1) is 0 Å². The predicted molar refractivity (Wildman–Crippen MR) is 78.8 cm³/mol. The molecule has 0 amide bonds. The minimum atomic E-state index is -0.183. The molecule has 1 spiro atoms. The summed E-state index contributed by atoms with van der Waals surface area (Å²) in [4.78, 5) is 12.4. The van der Waals surface area contributed by atoms with Gasteiger partial charge >= 0.3 is 0 Å². The van der Waals surface area contributed by atoms with Gasteiger partial charge in [-0.3, -0.25) is 4.79 Å². The maximum absolute atomic E-state index is 12.4. The third kappa shape index (κ3) is 1.70. The maximum Gasteiger partial charge on any atom is 0.161 e. The zero-order valence-electron chi connectivity index (χ0n) is 12.6. The Morgan fingerprint density at radius 3 is 2.74 bits per heavy atom. The van der Waals surface area contributed by atoms with E-state index in [0.29, 0.717) is 23.0 Å². The summed E-state index contributed by atoms with van der Waals surface area (Å²) in [5.41, 5.74) is 2.93. The van der Waals surface area contributed by atoms with Crippen LogP contribution in [0, 0.1) is 22.7 Å². The molecule has 0 aromatic heterocycles.